The molecular weight excluding hydrogens is 375 g/mol. The van der Waals surface area contributed by atoms with Gasteiger partial charge < -0.3 is 14.7 Å². The third kappa shape index (κ3) is 5.71. The molecule has 6 nitrogen and oxygen atoms in total. The van der Waals surface area contributed by atoms with Gasteiger partial charge in [0.1, 0.15) is 5.60 Å². The van der Waals surface area contributed by atoms with Crippen LogP contribution >= 0.6 is 21.5 Å². The molecule has 1 saturated heterocycles. The molecule has 0 aromatic carbocycles. The molecule has 1 N–H and O–H groups in total. The normalized spacial score (nSPS) is 18.4. The van der Waals surface area contributed by atoms with Crippen LogP contribution in [0.15, 0.2) is 0 Å². The predicted molar refractivity (Wildman–Crippen MR) is 83.8 cm³/mol. The van der Waals surface area contributed by atoms with E-state index in [9.17, 15) is 13.0 Å². The minimum absolute atomic E-state index is 0.0444. The molecule has 0 aromatic rings. The zero-order valence-electron chi connectivity index (χ0n) is 12.7. The number of carbonyl (C=O) groups is 1. The second-order valence-electron chi connectivity index (χ2n) is 6.19. The van der Waals surface area contributed by atoms with Gasteiger partial charge in [0.15, 0.2) is 0 Å². The van der Waals surface area contributed by atoms with Gasteiger partial charge in [-0.3, -0.25) is 7.86 Å². The van der Waals surface area contributed by atoms with Crippen molar-refractivity contribution < 1.29 is 17.7 Å². The van der Waals surface area contributed by atoms with Crippen LogP contribution in [-0.4, -0.2) is 63.0 Å². The van der Waals surface area contributed by atoms with Crippen molar-refractivity contribution in [2.24, 2.45) is 0 Å². The monoisotopic (exact) mass is 400 g/mol. The van der Waals surface area contributed by atoms with Crippen LogP contribution in [0.2, 0.25) is 0 Å². The van der Waals surface area contributed by atoms with Gasteiger partial charge in [0.05, 0.1) is 12.2 Å². The number of nitrogens with zero attached hydrogens (tertiary/aromatic N) is 2. The average molecular weight is 400 g/mol. The van der Waals surface area contributed by atoms with Crippen molar-refractivity contribution in [2.45, 2.75) is 45.3 Å². The zero-order valence-corrected chi connectivity index (χ0v) is 14.8. The summed E-state index contributed by atoms with van der Waals surface area (Å²) in [6.07, 6.45) is 0.484. The largest absolute Gasteiger partial charge is 0.390 e. The Hall–Kier alpha value is -0.120. The Kier molecular flexibility index (Phi) is 6.49. The van der Waals surface area contributed by atoms with Crippen molar-refractivity contribution in [1.82, 2.24) is 8.01 Å². The first-order chi connectivity index (χ1) is 9.15. The topological polar surface area (TPSA) is 70.1 Å². The summed E-state index contributed by atoms with van der Waals surface area (Å²) in [5.74, 6) is -0.0444. The molecule has 0 unspecified atom stereocenters. The van der Waals surface area contributed by atoms with Crippen LogP contribution in [0.4, 0.5) is 0 Å². The molecule has 0 spiro atoms. The van der Waals surface area contributed by atoms with Crippen molar-refractivity contribution >= 4 is 27.4 Å². The number of rotatable bonds is 6. The second kappa shape index (κ2) is 7.24. The minimum Gasteiger partial charge on any atom is -0.390 e. The van der Waals surface area contributed by atoms with Gasteiger partial charge >= 0.3 is 0 Å². The molecule has 0 aromatic heterocycles. The van der Waals surface area contributed by atoms with E-state index in [1.165, 1.54) is 0 Å². The Morgan fingerprint density at radius 2 is 1.75 bits per heavy atom. The number of hydrogen-bond acceptors (Lipinski definition) is 4. The van der Waals surface area contributed by atoms with Crippen LogP contribution in [-0.2, 0) is 12.6 Å². The first-order valence-corrected chi connectivity index (χ1v) is 8.68. The molecule has 0 bridgehead atoms. The number of halogens is 1. The van der Waals surface area contributed by atoms with Crippen LogP contribution in [0, 0.1) is 0 Å². The smallest absolute Gasteiger partial charge is 0.254 e. The second-order valence-corrected chi connectivity index (χ2v) is 7.95. The molecule has 1 aliphatic rings. The van der Waals surface area contributed by atoms with Crippen molar-refractivity contribution in [2.75, 3.05) is 32.8 Å². The number of amides is 1. The summed E-state index contributed by atoms with van der Waals surface area (Å²) in [5.41, 5.74) is -1.68. The lowest BCUT2D eigenvalue weighted by Crippen LogP contribution is -2.53. The maximum absolute atomic E-state index is 12.4. The molecular formula is C13H25IN2O4. The van der Waals surface area contributed by atoms with Crippen molar-refractivity contribution in [3.05, 3.63) is 0 Å². The van der Waals surface area contributed by atoms with Crippen LogP contribution in [0.25, 0.3) is 0 Å². The molecule has 7 heteroatoms. The fourth-order valence-corrected chi connectivity index (χ4v) is 2.78. The highest BCUT2D eigenvalue weighted by molar-refractivity contribution is 14.1. The first-order valence-electron chi connectivity index (χ1n) is 6.84. The van der Waals surface area contributed by atoms with Gasteiger partial charge in [0.2, 0.25) is 21.5 Å². The lowest BCUT2D eigenvalue weighted by atomic mass is 10.0. The number of ether oxygens (including phenoxy) is 1. The molecule has 0 aliphatic carbocycles. The Morgan fingerprint density at radius 3 is 2.20 bits per heavy atom. The molecule has 1 rings (SSSR count). The molecule has 1 amide bonds. The van der Waals surface area contributed by atoms with E-state index in [1.54, 1.807) is 32.6 Å². The lowest BCUT2D eigenvalue weighted by Gasteiger charge is -2.36. The lowest BCUT2D eigenvalue weighted by molar-refractivity contribution is -0.156. The Balaban J connectivity index is 2.46. The average Bonchev–Trinajstić information content (AvgIpc) is 2.36. The minimum atomic E-state index is -1.12. The fraction of sp³-hybridized carbons (Fsp3) is 0.923. The van der Waals surface area contributed by atoms with E-state index in [0.717, 1.165) is 0 Å². The first kappa shape index (κ1) is 17.9. The third-order valence-corrected chi connectivity index (χ3v) is 4.82. The summed E-state index contributed by atoms with van der Waals surface area (Å²) in [5, 5.41) is 9.65. The summed E-state index contributed by atoms with van der Waals surface area (Å²) < 4.78 is 18.4. The maximum Gasteiger partial charge on any atom is 0.254 e. The molecule has 1 fully saturated rings. The van der Waals surface area contributed by atoms with E-state index in [4.69, 9.17) is 4.74 Å². The highest BCUT2D eigenvalue weighted by atomic mass is 127. The van der Waals surface area contributed by atoms with E-state index in [0.29, 0.717) is 39.2 Å². The molecule has 118 valence electrons. The number of carbonyl (C=O) groups excluding carboxylic acids is 1. The molecule has 0 saturated carbocycles. The van der Waals surface area contributed by atoms with E-state index < -0.39 is 32.7 Å². The van der Waals surface area contributed by atoms with Gasteiger partial charge in [-0.2, -0.15) is 0 Å². The van der Waals surface area contributed by atoms with E-state index in [-0.39, 0.29) is 5.91 Å². The molecule has 1 heterocycles. The SMILES string of the molecule is CC(C)(O)CCOC(C)(C)C(=O)N1CCN(I=O)CC1. The van der Waals surface area contributed by atoms with Gasteiger partial charge in [0, 0.05) is 26.2 Å². The Bertz CT molecular complexity index is 347. The highest BCUT2D eigenvalue weighted by Gasteiger charge is 2.34. The quantitative estimate of drug-likeness (QED) is 0.538. The fourth-order valence-electron chi connectivity index (χ4n) is 1.95. The standard InChI is InChI=1S/C13H25IN2O4/c1-12(2,18)5-10-20-13(3,4)11(17)15-6-8-16(14-19)9-7-15/h18H,5-10H2,1-4H3. The van der Waals surface area contributed by atoms with Gasteiger partial charge in [-0.1, -0.05) is 0 Å². The van der Waals surface area contributed by atoms with Gasteiger partial charge in [-0.15, -0.1) is 0 Å². The summed E-state index contributed by atoms with van der Waals surface area (Å²) in [6, 6.07) is 0. The highest BCUT2D eigenvalue weighted by Crippen LogP contribution is 2.19. The van der Waals surface area contributed by atoms with Crippen molar-refractivity contribution in [1.29, 1.82) is 0 Å². The predicted octanol–water partition coefficient (Wildman–Crippen LogP) is 1.32. The maximum atomic E-state index is 12.4. The van der Waals surface area contributed by atoms with Crippen LogP contribution < -0.4 is 0 Å². The molecule has 20 heavy (non-hydrogen) atoms. The van der Waals surface area contributed by atoms with Crippen molar-refractivity contribution in [3.63, 3.8) is 0 Å². The van der Waals surface area contributed by atoms with Crippen LogP contribution in [0.3, 0.4) is 0 Å². The molecule has 1 aliphatic heterocycles. The summed E-state index contributed by atoms with van der Waals surface area (Å²) >= 11 is -1.12. The summed E-state index contributed by atoms with van der Waals surface area (Å²) in [6.45, 7) is 9.82. The van der Waals surface area contributed by atoms with Gasteiger partial charge in [-0.05, 0) is 34.1 Å². The summed E-state index contributed by atoms with van der Waals surface area (Å²) in [7, 11) is 0. The number of aliphatic hydroxyl groups is 1. The van der Waals surface area contributed by atoms with E-state index in [2.05, 4.69) is 0 Å². The number of piperazine rings is 1. The Labute approximate surface area is 131 Å². The van der Waals surface area contributed by atoms with E-state index >= 15 is 0 Å². The number of hydrogen-bond donors (Lipinski definition) is 1. The van der Waals surface area contributed by atoms with Gasteiger partial charge in [0.25, 0.3) is 5.91 Å². The summed E-state index contributed by atoms with van der Waals surface area (Å²) in [4.78, 5) is 14.2. The van der Waals surface area contributed by atoms with Gasteiger partial charge in [-0.25, -0.2) is 3.11 Å². The zero-order chi connectivity index (χ0) is 15.4. The van der Waals surface area contributed by atoms with Crippen molar-refractivity contribution in [3.8, 4) is 0 Å². The molecule has 0 radical (unpaired) electrons. The van der Waals surface area contributed by atoms with Crippen LogP contribution in [0.5, 0.6) is 0 Å². The molecule has 0 atom stereocenters. The third-order valence-electron chi connectivity index (χ3n) is 3.30. The van der Waals surface area contributed by atoms with Crippen LogP contribution in [0.1, 0.15) is 34.1 Å². The van der Waals surface area contributed by atoms with E-state index in [1.807, 2.05) is 3.11 Å². The Morgan fingerprint density at radius 1 is 1.20 bits per heavy atom.